The van der Waals surface area contributed by atoms with Crippen LogP contribution in [0, 0.1) is 41.4 Å². The number of aliphatic hydroxyl groups is 4. The van der Waals surface area contributed by atoms with Crippen LogP contribution in [0.3, 0.4) is 0 Å². The fraction of sp³-hybridized carbons (Fsp3) is 0.622. The van der Waals surface area contributed by atoms with Gasteiger partial charge >= 0.3 is 24.4 Å². The van der Waals surface area contributed by atoms with Gasteiger partial charge in [0.1, 0.15) is 70.8 Å². The Morgan fingerprint density at radius 2 is 0.596 bits per heavy atom. The monoisotopic (exact) mass is 1940 g/mol. The number of nitrogens with zero attached hydrogens (tertiary/aromatic N) is 12. The van der Waals surface area contributed by atoms with Crippen molar-refractivity contribution in [2.24, 2.45) is 41.4 Å². The molecule has 0 radical (unpaired) electrons. The lowest BCUT2D eigenvalue weighted by atomic mass is 9.81. The number of aromatic nitrogens is 8. The highest BCUT2D eigenvalue weighted by Gasteiger charge is 2.46. The molecule has 20 rings (SSSR count). The molecule has 4 N–H and O–H groups in total. The van der Waals surface area contributed by atoms with Crippen LogP contribution in [0.15, 0.2) is 78.9 Å². The third-order valence-corrected chi connectivity index (χ3v) is 34.0. The molecule has 4 amide bonds. The van der Waals surface area contributed by atoms with Crippen molar-refractivity contribution in [1.82, 2.24) is 38.2 Å². The topological polar surface area (TPSA) is 339 Å². The van der Waals surface area contributed by atoms with Crippen molar-refractivity contribution in [3.8, 4) is 0 Å². The second-order valence-corrected chi connectivity index (χ2v) is 42.8. The number of aliphatic hydroxyl groups excluding tert-OH is 4. The standard InChI is InChI=1S/C29H35N3O4.C28H37F2N3O4.2C27H37N3O4/c1-18-12-13-23-24(31(18)29(35)36-3)14-15-25-27(23)30-28(26(34)16-20-8-5-4-6-9-20)32(25)22-11-7-10-21(17-22)19(2)33;1-16-7-8-21-22(32(16)27(36)37-3)9-10-23-24(21)31-26(25(35)18-11-13-28(29,30)14-12-18)33(23)20-6-4-5-19(15-20)17(2)34;2*1-16-11-12-21-22(29(16)27(33)34-3)13-14-23-24(21)28-26(25(32)18-7-4-5-8-18)30(23)20-10-6-9-19(15-20)17(2)31/h4-6,8-9,14-15,18,21-22,26,34H,7,10-13,16-17H2,1-3H3;9-10,16,18-20,25,35H,4-8,11-15H2,1-3H3;2*13-14,16,18-20,25,32H,4-12,15H2,1-3H3/t18-,21+,22+,26+;16-,19+,20+,25-;16-,19+,20+,25+;16-,19+,20+,25-/m0000/s1. The third kappa shape index (κ3) is 20.6. The lowest BCUT2D eigenvalue weighted by molar-refractivity contribution is -0.122. The average Bonchev–Trinajstić information content (AvgIpc) is 1.61. The maximum Gasteiger partial charge on any atom is 0.414 e. The number of hydrogen-bond acceptors (Lipinski definition) is 20. The second kappa shape index (κ2) is 43.5. The minimum absolute atomic E-state index is 0.0143. The first-order chi connectivity index (χ1) is 67.8. The Kier molecular flexibility index (Phi) is 31.5. The molecule has 0 unspecified atom stereocenters. The summed E-state index contributed by atoms with van der Waals surface area (Å²) in [5.41, 5.74) is 15.6. The molecule has 11 aliphatic rings. The normalized spacial score (nSPS) is 25.7. The van der Waals surface area contributed by atoms with E-state index in [9.17, 15) is 67.6 Å². The number of methoxy groups -OCH3 is 4. The molecule has 7 saturated carbocycles. The summed E-state index contributed by atoms with van der Waals surface area (Å²) in [6.45, 7) is 14.8. The molecule has 28 nitrogen and oxygen atoms in total. The fourth-order valence-electron chi connectivity index (χ4n) is 26.1. The van der Waals surface area contributed by atoms with E-state index in [0.717, 1.165) is 305 Å². The SMILES string of the molecule is COC(=O)N1c2ccc3c(nc([C@@H](O)C4CCC(F)(F)CC4)n3[C@@H]3CCC[C@@H](C(C)=O)C3)c2CC[C@@H]1C.COC(=O)N1c2ccc3c(nc([C@@H](O)C4CCCC4)n3[C@@H]3CCC[C@@H](C(C)=O)C3)c2CC[C@@H]1C.COC(=O)N1c2ccc3c(nc([C@H](O)C4CCCC4)n3[C@@H]3CCC[C@@H](C(C)=O)C3)c2CC[C@@H]1C.COC(=O)N1c2ccc3c(nc([C@H](O)Cc4ccccc4)n3[C@@H]3CCC[C@@H](C(C)=O)C3)c2CC[C@@H]1C. The Morgan fingerprint density at radius 1 is 0.340 bits per heavy atom. The van der Waals surface area contributed by atoms with Crippen LogP contribution in [0.2, 0.25) is 0 Å². The molecule has 0 bridgehead atoms. The fourth-order valence-corrected chi connectivity index (χ4v) is 26.1. The van der Waals surface area contributed by atoms with Gasteiger partial charge in [-0.25, -0.2) is 47.9 Å². The van der Waals surface area contributed by atoms with Crippen LogP contribution in [0.1, 0.15) is 361 Å². The Hall–Kier alpha value is -10.6. The van der Waals surface area contributed by atoms with Crippen molar-refractivity contribution in [3.05, 3.63) is 130 Å². The number of fused-ring (bicyclic) bond motifs is 12. The molecule has 141 heavy (non-hydrogen) atoms. The number of ketones is 4. The summed E-state index contributed by atoms with van der Waals surface area (Å²) in [5.74, 6) is 1.15. The summed E-state index contributed by atoms with van der Waals surface area (Å²) >= 11 is 0. The van der Waals surface area contributed by atoms with E-state index in [1.54, 1.807) is 47.3 Å². The molecule has 4 aliphatic heterocycles. The number of alkyl halides is 2. The van der Waals surface area contributed by atoms with E-state index in [1.807, 2.05) is 94.4 Å². The second-order valence-electron chi connectivity index (χ2n) is 42.8. The number of aryl methyl sites for hydroxylation is 4. The lowest BCUT2D eigenvalue weighted by Crippen LogP contribution is -2.42. The van der Waals surface area contributed by atoms with E-state index >= 15 is 0 Å². The molecule has 0 saturated heterocycles. The molecule has 7 aliphatic carbocycles. The number of carbonyl (C=O) groups is 8. The molecule has 0 spiro atoms. The number of imidazole rings is 4. The summed E-state index contributed by atoms with van der Waals surface area (Å²) < 4.78 is 56.8. The first-order valence-corrected chi connectivity index (χ1v) is 52.6. The molecule has 7 fully saturated rings. The molecule has 760 valence electrons. The zero-order valence-electron chi connectivity index (χ0n) is 84.4. The average molecular weight is 1940 g/mol. The predicted molar refractivity (Wildman–Crippen MR) is 537 cm³/mol. The lowest BCUT2D eigenvalue weighted by Gasteiger charge is -2.35. The summed E-state index contributed by atoms with van der Waals surface area (Å²) in [7, 11) is 5.61. The summed E-state index contributed by atoms with van der Waals surface area (Å²) in [4.78, 5) is 126. The molecule has 30 heteroatoms. The Bertz CT molecular complexity index is 5910. The number of halogens is 2. The van der Waals surface area contributed by atoms with Crippen LogP contribution < -0.4 is 19.6 Å². The van der Waals surface area contributed by atoms with Crippen LogP contribution in [0.4, 0.5) is 50.7 Å². The van der Waals surface area contributed by atoms with Gasteiger partial charge in [-0.2, -0.15) is 0 Å². The van der Waals surface area contributed by atoms with Gasteiger partial charge in [-0.15, -0.1) is 0 Å². The molecule has 5 aromatic carbocycles. The molecule has 16 atom stereocenters. The van der Waals surface area contributed by atoms with Crippen molar-refractivity contribution in [1.29, 1.82) is 0 Å². The van der Waals surface area contributed by atoms with E-state index in [1.165, 1.54) is 28.4 Å². The van der Waals surface area contributed by atoms with Crippen LogP contribution in [0.25, 0.3) is 44.1 Å². The van der Waals surface area contributed by atoms with Gasteiger partial charge in [0.05, 0.1) is 95.3 Å². The van der Waals surface area contributed by atoms with Crippen molar-refractivity contribution in [2.45, 2.75) is 372 Å². The molecule has 4 aromatic heterocycles. The van der Waals surface area contributed by atoms with Gasteiger partial charge in [0, 0.05) is 114 Å². The number of amides is 4. The highest BCUT2D eigenvalue weighted by atomic mass is 19.3. The molecular weight excluding hydrogens is 1800 g/mol. The maximum atomic E-state index is 13.9. The number of anilines is 4. The molecule has 9 aromatic rings. The van der Waals surface area contributed by atoms with Crippen LogP contribution in [0.5, 0.6) is 0 Å². The number of Topliss-reactive ketones (excluding diaryl/α,β-unsaturated/α-hetero) is 4. The Labute approximate surface area is 825 Å². The minimum atomic E-state index is -2.68. The quantitative estimate of drug-likeness (QED) is 0.0615. The summed E-state index contributed by atoms with van der Waals surface area (Å²) in [6.07, 6.45) is 25.5. The number of rotatable bonds is 17. The van der Waals surface area contributed by atoms with E-state index < -0.39 is 36.4 Å². The van der Waals surface area contributed by atoms with E-state index in [0.29, 0.717) is 24.5 Å². The van der Waals surface area contributed by atoms with Gasteiger partial charge in [0.15, 0.2) is 0 Å². The highest BCUT2D eigenvalue weighted by molar-refractivity contribution is 5.99. The van der Waals surface area contributed by atoms with Gasteiger partial charge in [-0.05, 0) is 294 Å². The Morgan fingerprint density at radius 3 is 0.858 bits per heavy atom. The van der Waals surface area contributed by atoms with E-state index in [2.05, 4.69) is 30.4 Å². The van der Waals surface area contributed by atoms with Gasteiger partial charge in [0.25, 0.3) is 0 Å². The van der Waals surface area contributed by atoms with Gasteiger partial charge in [-0.1, -0.05) is 81.7 Å². The highest BCUT2D eigenvalue weighted by Crippen LogP contribution is 2.52. The number of carbonyl (C=O) groups excluding carboxylic acids is 8. The van der Waals surface area contributed by atoms with Crippen molar-refractivity contribution in [3.63, 3.8) is 0 Å². The third-order valence-electron chi connectivity index (χ3n) is 34.0. The van der Waals surface area contributed by atoms with Gasteiger partial charge in [0.2, 0.25) is 5.92 Å². The molecular formula is C111H146F2N12O16. The van der Waals surface area contributed by atoms with Crippen molar-refractivity contribution >= 4 is 114 Å². The van der Waals surface area contributed by atoms with Crippen molar-refractivity contribution < 1.29 is 86.5 Å². The molecule has 8 heterocycles. The summed E-state index contributed by atoms with van der Waals surface area (Å²) in [6, 6.07) is 26.4. The zero-order valence-corrected chi connectivity index (χ0v) is 84.4. The van der Waals surface area contributed by atoms with E-state index in [-0.39, 0.29) is 157 Å². The van der Waals surface area contributed by atoms with Crippen LogP contribution in [-0.2, 0) is 70.2 Å². The largest absolute Gasteiger partial charge is 0.452 e. The van der Waals surface area contributed by atoms with Crippen LogP contribution in [-0.4, -0.2) is 165 Å². The maximum absolute atomic E-state index is 13.9. The minimum Gasteiger partial charge on any atom is -0.452 e. The summed E-state index contributed by atoms with van der Waals surface area (Å²) in [5, 5.41) is 46.0. The van der Waals surface area contributed by atoms with E-state index in [4.69, 9.17) is 38.9 Å². The number of ether oxygens (including phenoxy) is 4. The smallest absolute Gasteiger partial charge is 0.414 e. The first-order valence-electron chi connectivity index (χ1n) is 52.6. The van der Waals surface area contributed by atoms with Crippen molar-refractivity contribution in [2.75, 3.05) is 48.0 Å². The predicted octanol–water partition coefficient (Wildman–Crippen LogP) is 22.6. The van der Waals surface area contributed by atoms with Gasteiger partial charge in [-0.3, -0.25) is 38.8 Å². The first kappa shape index (κ1) is 102. The number of benzene rings is 5. The Balaban J connectivity index is 0.000000130. The zero-order chi connectivity index (χ0) is 99.8. The van der Waals surface area contributed by atoms with Gasteiger partial charge < -0.3 is 57.6 Å². The number of hydrogen-bond donors (Lipinski definition) is 4. The van der Waals surface area contributed by atoms with Crippen LogP contribution >= 0.6 is 0 Å².